The number of carbonyl (C=O) groups is 1. The van der Waals surface area contributed by atoms with Gasteiger partial charge in [0.05, 0.1) is 12.6 Å². The van der Waals surface area contributed by atoms with E-state index in [2.05, 4.69) is 41.3 Å². The summed E-state index contributed by atoms with van der Waals surface area (Å²) in [5, 5.41) is 1.19. The molecule has 132 valence electrons. The maximum Gasteiger partial charge on any atom is 0.214 e. The second-order valence-corrected chi connectivity index (χ2v) is 7.07. The Kier molecular flexibility index (Phi) is 4.59. The average Bonchev–Trinajstić information content (AvgIpc) is 3.29. The number of nitrogens with zero attached hydrogens (tertiary/aromatic N) is 2. The molecule has 1 aromatic heterocycles. The van der Waals surface area contributed by atoms with Gasteiger partial charge in [-0.2, -0.15) is 0 Å². The summed E-state index contributed by atoms with van der Waals surface area (Å²) in [5.41, 5.74) is 4.69. The van der Waals surface area contributed by atoms with Crippen molar-refractivity contribution in [1.29, 1.82) is 0 Å². The van der Waals surface area contributed by atoms with Crippen LogP contribution < -0.4 is 4.90 Å². The summed E-state index contributed by atoms with van der Waals surface area (Å²) in [6, 6.07) is 6.20. The Morgan fingerprint density at radius 1 is 1.44 bits per heavy atom. The van der Waals surface area contributed by atoms with E-state index in [1.54, 1.807) is 4.90 Å². The number of hydrogen-bond donors (Lipinski definition) is 1. The number of aromatic nitrogens is 1. The van der Waals surface area contributed by atoms with Crippen molar-refractivity contribution >= 4 is 28.6 Å². The van der Waals surface area contributed by atoms with Gasteiger partial charge in [-0.1, -0.05) is 6.08 Å². The first-order valence-electron chi connectivity index (χ1n) is 9.07. The average molecular weight is 339 g/mol. The van der Waals surface area contributed by atoms with Crippen molar-refractivity contribution < 1.29 is 9.53 Å². The van der Waals surface area contributed by atoms with Crippen LogP contribution in [0.25, 0.3) is 16.5 Å². The van der Waals surface area contributed by atoms with Gasteiger partial charge in [0.2, 0.25) is 6.41 Å². The van der Waals surface area contributed by atoms with Gasteiger partial charge in [-0.05, 0) is 50.1 Å². The lowest BCUT2D eigenvalue weighted by molar-refractivity contribution is -0.107. The van der Waals surface area contributed by atoms with Gasteiger partial charge >= 0.3 is 0 Å². The summed E-state index contributed by atoms with van der Waals surface area (Å²) in [6.45, 7) is 3.50. The van der Waals surface area contributed by atoms with Gasteiger partial charge in [0.25, 0.3) is 0 Å². The molecule has 5 heteroatoms. The zero-order chi connectivity index (χ0) is 17.2. The Morgan fingerprint density at radius 3 is 3.08 bits per heavy atom. The van der Waals surface area contributed by atoms with E-state index in [4.69, 9.17) is 4.74 Å². The molecule has 0 radical (unpaired) electrons. The molecule has 1 saturated heterocycles. The quantitative estimate of drug-likeness (QED) is 0.852. The van der Waals surface area contributed by atoms with Crippen molar-refractivity contribution in [2.45, 2.75) is 25.4 Å². The van der Waals surface area contributed by atoms with Crippen molar-refractivity contribution in [3.63, 3.8) is 0 Å². The summed E-state index contributed by atoms with van der Waals surface area (Å²) in [4.78, 5) is 19.1. The molecule has 1 N–H and O–H groups in total. The second kappa shape index (κ2) is 7.02. The first kappa shape index (κ1) is 16.4. The standard InChI is InChI=1S/C20H25N3O2/c1-22-8-6-15(7-9-22)19-12-21-20-5-4-16(11-18(19)20)23(14-24)13-17-3-2-10-25-17/h4-6,11-12,14,17,21H,2-3,7-10,13H2,1H3. The molecule has 4 rings (SSSR count). The van der Waals surface area contributed by atoms with Crippen LogP contribution in [0.15, 0.2) is 30.5 Å². The highest BCUT2D eigenvalue weighted by Crippen LogP contribution is 2.31. The van der Waals surface area contributed by atoms with E-state index >= 15 is 0 Å². The number of aromatic amines is 1. The first-order valence-corrected chi connectivity index (χ1v) is 9.07. The van der Waals surface area contributed by atoms with Crippen molar-refractivity contribution in [2.75, 3.05) is 38.2 Å². The van der Waals surface area contributed by atoms with E-state index in [9.17, 15) is 4.79 Å². The summed E-state index contributed by atoms with van der Waals surface area (Å²) in [6.07, 6.45) is 8.65. The Balaban J connectivity index is 1.64. The Hall–Kier alpha value is -2.11. The van der Waals surface area contributed by atoms with Crippen LogP contribution in [0.5, 0.6) is 0 Å². The van der Waals surface area contributed by atoms with Gasteiger partial charge in [0, 0.05) is 48.0 Å². The molecule has 2 aliphatic rings. The highest BCUT2D eigenvalue weighted by atomic mass is 16.5. The highest BCUT2D eigenvalue weighted by molar-refractivity contribution is 5.96. The fourth-order valence-electron chi connectivity index (χ4n) is 3.79. The van der Waals surface area contributed by atoms with E-state index in [1.165, 1.54) is 16.5 Å². The summed E-state index contributed by atoms with van der Waals surface area (Å²) >= 11 is 0. The van der Waals surface area contributed by atoms with E-state index < -0.39 is 0 Å². The molecule has 0 saturated carbocycles. The van der Waals surface area contributed by atoms with Crippen molar-refractivity contribution in [1.82, 2.24) is 9.88 Å². The van der Waals surface area contributed by atoms with Crippen LogP contribution in [-0.2, 0) is 9.53 Å². The van der Waals surface area contributed by atoms with E-state index in [0.29, 0.717) is 6.54 Å². The molecule has 0 aliphatic carbocycles. The van der Waals surface area contributed by atoms with Crippen LogP contribution in [-0.4, -0.2) is 55.7 Å². The minimum absolute atomic E-state index is 0.156. The number of nitrogens with one attached hydrogen (secondary N) is 1. The molecule has 0 spiro atoms. The van der Waals surface area contributed by atoms with Crippen LogP contribution in [0, 0.1) is 0 Å². The van der Waals surface area contributed by atoms with Gasteiger partial charge < -0.3 is 19.5 Å². The fourth-order valence-corrected chi connectivity index (χ4v) is 3.79. The third kappa shape index (κ3) is 3.34. The van der Waals surface area contributed by atoms with Crippen LogP contribution in [0.3, 0.4) is 0 Å². The lowest BCUT2D eigenvalue weighted by Gasteiger charge is -2.22. The molecule has 2 aliphatic heterocycles. The molecule has 1 atom stereocenters. The summed E-state index contributed by atoms with van der Waals surface area (Å²) in [7, 11) is 2.15. The zero-order valence-electron chi connectivity index (χ0n) is 14.7. The number of amides is 1. The van der Waals surface area contributed by atoms with Crippen LogP contribution in [0.1, 0.15) is 24.8 Å². The molecule has 5 nitrogen and oxygen atoms in total. The zero-order valence-corrected chi connectivity index (χ0v) is 14.7. The molecule has 3 heterocycles. The highest BCUT2D eigenvalue weighted by Gasteiger charge is 2.20. The van der Waals surface area contributed by atoms with Gasteiger partial charge in [-0.3, -0.25) is 4.79 Å². The number of anilines is 1. The van der Waals surface area contributed by atoms with Gasteiger partial charge in [-0.25, -0.2) is 0 Å². The topological polar surface area (TPSA) is 48.6 Å². The van der Waals surface area contributed by atoms with Crippen molar-refractivity contribution in [3.05, 3.63) is 36.0 Å². The van der Waals surface area contributed by atoms with Gasteiger partial charge in [0.15, 0.2) is 0 Å². The number of H-pyrrole nitrogens is 1. The molecular formula is C20H25N3O2. The maximum absolute atomic E-state index is 11.6. The molecule has 2 aromatic rings. The Bertz CT molecular complexity index is 789. The molecule has 1 amide bonds. The van der Waals surface area contributed by atoms with Crippen molar-refractivity contribution in [3.8, 4) is 0 Å². The number of likely N-dealkylation sites (N-methyl/N-ethyl adjacent to an activating group) is 1. The molecule has 0 bridgehead atoms. The number of ether oxygens (including phenoxy) is 1. The predicted molar refractivity (Wildman–Crippen MR) is 101 cm³/mol. The molecule has 1 fully saturated rings. The van der Waals surface area contributed by atoms with E-state index in [-0.39, 0.29) is 6.10 Å². The Labute approximate surface area is 148 Å². The smallest absolute Gasteiger partial charge is 0.214 e. The second-order valence-electron chi connectivity index (χ2n) is 7.07. The predicted octanol–water partition coefficient (Wildman–Crippen LogP) is 3.03. The molecule has 1 unspecified atom stereocenters. The van der Waals surface area contributed by atoms with Crippen LogP contribution >= 0.6 is 0 Å². The monoisotopic (exact) mass is 339 g/mol. The molecule has 25 heavy (non-hydrogen) atoms. The SMILES string of the molecule is CN1CC=C(c2c[nH]c3ccc(N(C=O)CC4CCCO4)cc23)CC1. The minimum atomic E-state index is 0.156. The van der Waals surface area contributed by atoms with E-state index in [1.807, 2.05) is 6.07 Å². The third-order valence-corrected chi connectivity index (χ3v) is 5.31. The van der Waals surface area contributed by atoms with E-state index in [0.717, 1.165) is 56.6 Å². The number of rotatable bonds is 5. The van der Waals surface area contributed by atoms with Crippen LogP contribution in [0.2, 0.25) is 0 Å². The molecular weight excluding hydrogens is 314 g/mol. The number of hydrogen-bond acceptors (Lipinski definition) is 3. The fraction of sp³-hybridized carbons (Fsp3) is 0.450. The normalized spacial score (nSPS) is 21.5. The Morgan fingerprint density at radius 2 is 2.36 bits per heavy atom. The third-order valence-electron chi connectivity index (χ3n) is 5.31. The number of fused-ring (bicyclic) bond motifs is 1. The number of benzene rings is 1. The minimum Gasteiger partial charge on any atom is -0.376 e. The summed E-state index contributed by atoms with van der Waals surface area (Å²) in [5.74, 6) is 0. The molecule has 1 aromatic carbocycles. The van der Waals surface area contributed by atoms with Crippen LogP contribution in [0.4, 0.5) is 5.69 Å². The first-order chi connectivity index (χ1) is 12.2. The lowest BCUT2D eigenvalue weighted by Crippen LogP contribution is -2.30. The van der Waals surface area contributed by atoms with Crippen molar-refractivity contribution in [2.24, 2.45) is 0 Å². The largest absolute Gasteiger partial charge is 0.376 e. The van der Waals surface area contributed by atoms with Gasteiger partial charge in [0.1, 0.15) is 0 Å². The lowest BCUT2D eigenvalue weighted by atomic mass is 9.99. The maximum atomic E-state index is 11.6. The van der Waals surface area contributed by atoms with Gasteiger partial charge in [-0.15, -0.1) is 0 Å². The summed E-state index contributed by atoms with van der Waals surface area (Å²) < 4.78 is 5.69. The number of carbonyl (C=O) groups excluding carboxylic acids is 1.